The summed E-state index contributed by atoms with van der Waals surface area (Å²) in [6, 6.07) is 0. The molecule has 0 aliphatic heterocycles. The number of hydrogen-bond donors (Lipinski definition) is 0. The molecule has 34 heavy (non-hydrogen) atoms. The molecule has 2 nitrogen and oxygen atoms in total. The van der Waals surface area contributed by atoms with Crippen LogP contribution in [0.25, 0.3) is 0 Å². The van der Waals surface area contributed by atoms with Crippen LogP contribution in [0.5, 0.6) is 0 Å². The highest BCUT2D eigenvalue weighted by Crippen LogP contribution is 2.68. The topological polar surface area (TPSA) is 18.5 Å². The fourth-order valence-electron chi connectivity index (χ4n) is 10.1. The van der Waals surface area contributed by atoms with E-state index in [9.17, 15) is 0 Å². The fraction of sp³-hybridized carbons (Fsp3) is 1.00. The Morgan fingerprint density at radius 2 is 1.56 bits per heavy atom. The Morgan fingerprint density at radius 3 is 2.26 bits per heavy atom. The van der Waals surface area contributed by atoms with Crippen LogP contribution in [0.3, 0.4) is 0 Å². The van der Waals surface area contributed by atoms with Gasteiger partial charge in [-0.15, -0.1) is 0 Å². The largest absolute Gasteiger partial charge is 0.356 e. The molecule has 0 N–H and O–H groups in total. The quantitative estimate of drug-likeness (QED) is 0.294. The minimum Gasteiger partial charge on any atom is -0.356 e. The van der Waals surface area contributed by atoms with Crippen LogP contribution in [0.4, 0.5) is 0 Å². The van der Waals surface area contributed by atoms with E-state index in [-0.39, 0.29) is 6.29 Å². The monoisotopic (exact) mass is 474 g/mol. The van der Waals surface area contributed by atoms with Gasteiger partial charge in [0.2, 0.25) is 0 Å². The number of fused-ring (bicyclic) bond motifs is 5. The standard InChI is InChI=1S/C32H58O2/c1-8-10-30(33-7)34-25-17-19-31(5)24(21-25)13-14-26-28-16-15-27(23(4)12-9-11-22(2)3)32(28,6)20-18-29(26)31/h22-30H,8-21H2,1-7H3. The van der Waals surface area contributed by atoms with Crippen molar-refractivity contribution < 1.29 is 9.47 Å². The molecule has 4 aliphatic rings. The summed E-state index contributed by atoms with van der Waals surface area (Å²) in [5.74, 6) is 6.58. The van der Waals surface area contributed by atoms with Crippen LogP contribution in [-0.4, -0.2) is 19.5 Å². The lowest BCUT2D eigenvalue weighted by Crippen LogP contribution is -2.54. The first-order valence-corrected chi connectivity index (χ1v) is 15.4. The van der Waals surface area contributed by atoms with Crippen LogP contribution < -0.4 is 0 Å². The van der Waals surface area contributed by atoms with Gasteiger partial charge in [-0.2, -0.15) is 0 Å². The Labute approximate surface area is 212 Å². The van der Waals surface area contributed by atoms with Gasteiger partial charge in [0.05, 0.1) is 6.10 Å². The lowest BCUT2D eigenvalue weighted by Gasteiger charge is -2.61. The lowest BCUT2D eigenvalue weighted by molar-refractivity contribution is -0.193. The molecule has 0 heterocycles. The Bertz CT molecular complexity index is 645. The maximum atomic E-state index is 6.46. The van der Waals surface area contributed by atoms with Gasteiger partial charge in [0.1, 0.15) is 0 Å². The number of rotatable bonds is 10. The van der Waals surface area contributed by atoms with Crippen LogP contribution in [-0.2, 0) is 9.47 Å². The van der Waals surface area contributed by atoms with Crippen molar-refractivity contribution in [2.45, 2.75) is 144 Å². The second-order valence-electron chi connectivity index (χ2n) is 14.2. The minimum atomic E-state index is 0.00373. The zero-order chi connectivity index (χ0) is 24.5. The van der Waals surface area contributed by atoms with E-state index in [1.54, 1.807) is 0 Å². The van der Waals surface area contributed by atoms with Gasteiger partial charge in [-0.1, -0.05) is 67.2 Å². The molecular weight excluding hydrogens is 416 g/mol. The van der Waals surface area contributed by atoms with E-state index < -0.39 is 0 Å². The van der Waals surface area contributed by atoms with Crippen LogP contribution in [0, 0.1) is 52.3 Å². The fourth-order valence-corrected chi connectivity index (χ4v) is 10.1. The zero-order valence-electron chi connectivity index (χ0n) is 23.9. The van der Waals surface area contributed by atoms with Crippen molar-refractivity contribution in [3.63, 3.8) is 0 Å². The summed E-state index contributed by atoms with van der Waals surface area (Å²) < 4.78 is 12.1. The maximum absolute atomic E-state index is 6.46. The van der Waals surface area contributed by atoms with Crippen molar-refractivity contribution >= 4 is 0 Å². The van der Waals surface area contributed by atoms with Crippen molar-refractivity contribution in [3.05, 3.63) is 0 Å². The Morgan fingerprint density at radius 1 is 0.824 bits per heavy atom. The molecule has 4 aliphatic carbocycles. The van der Waals surface area contributed by atoms with E-state index in [0.717, 1.165) is 54.3 Å². The molecule has 0 saturated heterocycles. The van der Waals surface area contributed by atoms with Gasteiger partial charge in [0.15, 0.2) is 6.29 Å². The van der Waals surface area contributed by atoms with Crippen LogP contribution in [0.2, 0.25) is 0 Å². The van der Waals surface area contributed by atoms with Crippen molar-refractivity contribution in [1.82, 2.24) is 0 Å². The van der Waals surface area contributed by atoms with Crippen molar-refractivity contribution in [1.29, 1.82) is 0 Å². The molecule has 0 aromatic rings. The first kappa shape index (κ1) is 27.0. The number of methoxy groups -OCH3 is 1. The first-order chi connectivity index (χ1) is 16.2. The zero-order valence-corrected chi connectivity index (χ0v) is 23.9. The van der Waals surface area contributed by atoms with Crippen LogP contribution in [0.1, 0.15) is 131 Å². The molecule has 0 radical (unpaired) electrons. The molecule has 0 amide bonds. The van der Waals surface area contributed by atoms with E-state index in [1.165, 1.54) is 77.0 Å². The molecule has 0 spiro atoms. The smallest absolute Gasteiger partial charge is 0.157 e. The second-order valence-corrected chi connectivity index (χ2v) is 14.2. The van der Waals surface area contributed by atoms with E-state index in [1.807, 2.05) is 7.11 Å². The molecular formula is C32H58O2. The van der Waals surface area contributed by atoms with Crippen LogP contribution >= 0.6 is 0 Å². The van der Waals surface area contributed by atoms with E-state index >= 15 is 0 Å². The van der Waals surface area contributed by atoms with Gasteiger partial charge in [-0.25, -0.2) is 0 Å². The van der Waals surface area contributed by atoms with Crippen molar-refractivity contribution in [3.8, 4) is 0 Å². The summed E-state index contributed by atoms with van der Waals surface area (Å²) >= 11 is 0. The third-order valence-electron chi connectivity index (χ3n) is 12.0. The average molecular weight is 475 g/mol. The highest BCUT2D eigenvalue weighted by atomic mass is 16.7. The summed E-state index contributed by atoms with van der Waals surface area (Å²) in [7, 11) is 1.82. The van der Waals surface area contributed by atoms with E-state index in [0.29, 0.717) is 16.9 Å². The highest BCUT2D eigenvalue weighted by molar-refractivity contribution is 5.09. The first-order valence-electron chi connectivity index (χ1n) is 15.4. The minimum absolute atomic E-state index is 0.00373. The Balaban J connectivity index is 1.39. The predicted octanol–water partition coefficient (Wildman–Crippen LogP) is 9.27. The maximum Gasteiger partial charge on any atom is 0.157 e. The highest BCUT2D eigenvalue weighted by Gasteiger charge is 2.60. The molecule has 4 fully saturated rings. The molecule has 4 saturated carbocycles. The number of ether oxygens (including phenoxy) is 2. The van der Waals surface area contributed by atoms with Gasteiger partial charge in [-0.05, 0) is 116 Å². The number of hydrogen-bond acceptors (Lipinski definition) is 2. The Hall–Kier alpha value is -0.0800. The molecule has 4 rings (SSSR count). The normalized spacial score (nSPS) is 43.8. The van der Waals surface area contributed by atoms with Crippen LogP contribution in [0.15, 0.2) is 0 Å². The van der Waals surface area contributed by atoms with Gasteiger partial charge >= 0.3 is 0 Å². The molecule has 2 heteroatoms. The van der Waals surface area contributed by atoms with Gasteiger partial charge in [0, 0.05) is 7.11 Å². The Kier molecular flexibility index (Phi) is 8.82. The summed E-state index contributed by atoms with van der Waals surface area (Å²) in [5, 5.41) is 0. The molecule has 0 aromatic heterocycles. The van der Waals surface area contributed by atoms with Gasteiger partial charge in [-0.3, -0.25) is 0 Å². The molecule has 198 valence electrons. The summed E-state index contributed by atoms with van der Waals surface area (Å²) in [4.78, 5) is 0. The van der Waals surface area contributed by atoms with E-state index in [4.69, 9.17) is 9.47 Å². The average Bonchev–Trinajstić information content (AvgIpc) is 3.16. The lowest BCUT2D eigenvalue weighted by atomic mass is 9.44. The van der Waals surface area contributed by atoms with Gasteiger partial charge in [0.25, 0.3) is 0 Å². The molecule has 0 bridgehead atoms. The summed E-state index contributed by atoms with van der Waals surface area (Å²) in [5.41, 5.74) is 1.17. The second kappa shape index (κ2) is 11.1. The van der Waals surface area contributed by atoms with Gasteiger partial charge < -0.3 is 9.47 Å². The third-order valence-corrected chi connectivity index (χ3v) is 12.0. The summed E-state index contributed by atoms with van der Waals surface area (Å²) in [6.07, 6.45) is 19.8. The SMILES string of the molecule is CCCC(OC)OC1CCC2(C)C(CCC3C2CCC2(C)C(C(C)CCCC(C)C)CCC32)C1. The predicted molar refractivity (Wildman–Crippen MR) is 144 cm³/mol. The molecule has 0 aromatic carbocycles. The van der Waals surface area contributed by atoms with Crippen molar-refractivity contribution in [2.75, 3.05) is 7.11 Å². The van der Waals surface area contributed by atoms with E-state index in [2.05, 4.69) is 41.5 Å². The molecule has 10 unspecified atom stereocenters. The molecule has 10 atom stereocenters. The van der Waals surface area contributed by atoms with Crippen molar-refractivity contribution in [2.24, 2.45) is 52.3 Å². The third kappa shape index (κ3) is 5.16. The summed E-state index contributed by atoms with van der Waals surface area (Å²) in [6.45, 7) is 15.0.